The molecule has 0 saturated carbocycles. The third-order valence-electron chi connectivity index (χ3n) is 2.86. The number of nitrogens with one attached hydrogen (secondary N) is 1. The van der Waals surface area contributed by atoms with Gasteiger partial charge in [-0.1, -0.05) is 30.3 Å². The lowest BCUT2D eigenvalue weighted by Gasteiger charge is -2.11. The SMILES string of the molecule is CC(C)NC(=O)CCOc1ccc2ccccc2c1Br. The third-order valence-corrected chi connectivity index (χ3v) is 3.68. The van der Waals surface area contributed by atoms with Gasteiger partial charge in [0.05, 0.1) is 17.5 Å². The van der Waals surface area contributed by atoms with Crippen molar-refractivity contribution in [1.82, 2.24) is 5.32 Å². The fourth-order valence-electron chi connectivity index (χ4n) is 1.97. The van der Waals surface area contributed by atoms with Gasteiger partial charge >= 0.3 is 0 Å². The smallest absolute Gasteiger partial charge is 0.223 e. The van der Waals surface area contributed by atoms with Crippen molar-refractivity contribution in [3.63, 3.8) is 0 Å². The largest absolute Gasteiger partial charge is 0.492 e. The summed E-state index contributed by atoms with van der Waals surface area (Å²) >= 11 is 3.56. The normalized spacial score (nSPS) is 10.8. The van der Waals surface area contributed by atoms with Gasteiger partial charge in [-0.2, -0.15) is 0 Å². The molecule has 1 amide bonds. The van der Waals surface area contributed by atoms with E-state index in [1.807, 2.05) is 44.2 Å². The van der Waals surface area contributed by atoms with Gasteiger partial charge in [0.1, 0.15) is 5.75 Å². The Hall–Kier alpha value is -1.55. The summed E-state index contributed by atoms with van der Waals surface area (Å²) in [6.45, 7) is 4.26. The third kappa shape index (κ3) is 3.73. The fraction of sp³-hybridized carbons (Fsp3) is 0.312. The van der Waals surface area contributed by atoms with Crippen LogP contribution in [-0.2, 0) is 4.79 Å². The molecule has 0 aromatic heterocycles. The minimum atomic E-state index is 0.0110. The van der Waals surface area contributed by atoms with Crippen LogP contribution in [0, 0.1) is 0 Å². The topological polar surface area (TPSA) is 38.3 Å². The molecule has 0 radical (unpaired) electrons. The predicted octanol–water partition coefficient (Wildman–Crippen LogP) is 3.90. The molecule has 4 heteroatoms. The monoisotopic (exact) mass is 335 g/mol. The van der Waals surface area contributed by atoms with Crippen molar-refractivity contribution < 1.29 is 9.53 Å². The van der Waals surface area contributed by atoms with Gasteiger partial charge in [0.15, 0.2) is 0 Å². The first-order valence-electron chi connectivity index (χ1n) is 6.67. The summed E-state index contributed by atoms with van der Waals surface area (Å²) in [5.41, 5.74) is 0. The zero-order valence-electron chi connectivity index (χ0n) is 11.7. The molecule has 0 spiro atoms. The average molecular weight is 336 g/mol. The highest BCUT2D eigenvalue weighted by molar-refractivity contribution is 9.10. The van der Waals surface area contributed by atoms with Crippen LogP contribution in [0.15, 0.2) is 40.9 Å². The van der Waals surface area contributed by atoms with E-state index >= 15 is 0 Å². The first kappa shape index (κ1) is 14.9. The highest BCUT2D eigenvalue weighted by atomic mass is 79.9. The van der Waals surface area contributed by atoms with Gasteiger partial charge in [-0.15, -0.1) is 0 Å². The Bertz CT molecular complexity index is 610. The Morgan fingerprint density at radius 1 is 1.25 bits per heavy atom. The van der Waals surface area contributed by atoms with Gasteiger partial charge in [-0.3, -0.25) is 4.79 Å². The van der Waals surface area contributed by atoms with Crippen molar-refractivity contribution in [1.29, 1.82) is 0 Å². The average Bonchev–Trinajstić information content (AvgIpc) is 2.41. The van der Waals surface area contributed by atoms with E-state index < -0.39 is 0 Å². The number of halogens is 1. The fourth-order valence-corrected chi connectivity index (χ4v) is 2.58. The molecule has 0 aliphatic carbocycles. The number of benzene rings is 2. The first-order chi connectivity index (χ1) is 9.58. The van der Waals surface area contributed by atoms with Crippen LogP contribution < -0.4 is 10.1 Å². The molecule has 0 atom stereocenters. The van der Waals surface area contributed by atoms with Gasteiger partial charge in [0.2, 0.25) is 5.91 Å². The van der Waals surface area contributed by atoms with E-state index in [9.17, 15) is 4.79 Å². The minimum absolute atomic E-state index is 0.0110. The van der Waals surface area contributed by atoms with Crippen molar-refractivity contribution >= 4 is 32.6 Å². The van der Waals surface area contributed by atoms with E-state index in [1.165, 1.54) is 0 Å². The second kappa shape index (κ2) is 6.75. The van der Waals surface area contributed by atoms with E-state index in [-0.39, 0.29) is 11.9 Å². The lowest BCUT2D eigenvalue weighted by Crippen LogP contribution is -2.31. The molecule has 0 unspecified atom stereocenters. The Morgan fingerprint density at radius 3 is 2.75 bits per heavy atom. The van der Waals surface area contributed by atoms with Crippen LogP contribution in [0.3, 0.4) is 0 Å². The number of ether oxygens (including phenoxy) is 1. The van der Waals surface area contributed by atoms with Crippen LogP contribution >= 0.6 is 15.9 Å². The molecular weight excluding hydrogens is 318 g/mol. The second-order valence-electron chi connectivity index (χ2n) is 4.92. The zero-order chi connectivity index (χ0) is 14.5. The Kier molecular flexibility index (Phi) is 5.01. The van der Waals surface area contributed by atoms with Crippen LogP contribution in [0.5, 0.6) is 5.75 Å². The molecule has 106 valence electrons. The number of rotatable bonds is 5. The van der Waals surface area contributed by atoms with Crippen LogP contribution in [-0.4, -0.2) is 18.6 Å². The standard InChI is InChI=1S/C16H18BrNO2/c1-11(2)18-15(19)9-10-20-14-8-7-12-5-3-4-6-13(12)16(14)17/h3-8,11H,9-10H2,1-2H3,(H,18,19). The lowest BCUT2D eigenvalue weighted by molar-refractivity contribution is -0.122. The van der Waals surface area contributed by atoms with E-state index in [2.05, 4.69) is 27.3 Å². The van der Waals surface area contributed by atoms with Gasteiger partial charge in [-0.05, 0) is 46.6 Å². The van der Waals surface area contributed by atoms with E-state index in [1.54, 1.807) is 0 Å². The van der Waals surface area contributed by atoms with Crippen molar-refractivity contribution in [3.8, 4) is 5.75 Å². The maximum atomic E-state index is 11.5. The van der Waals surface area contributed by atoms with Crippen LogP contribution in [0.4, 0.5) is 0 Å². The van der Waals surface area contributed by atoms with Gasteiger partial charge in [0.25, 0.3) is 0 Å². The van der Waals surface area contributed by atoms with Crippen molar-refractivity contribution in [2.45, 2.75) is 26.3 Å². The summed E-state index contributed by atoms with van der Waals surface area (Å²) in [7, 11) is 0. The van der Waals surface area contributed by atoms with Crippen LogP contribution in [0.1, 0.15) is 20.3 Å². The van der Waals surface area contributed by atoms with Crippen LogP contribution in [0.2, 0.25) is 0 Å². The van der Waals surface area contributed by atoms with E-state index in [0.29, 0.717) is 13.0 Å². The quantitative estimate of drug-likeness (QED) is 0.899. The molecule has 0 aliphatic heterocycles. The minimum Gasteiger partial charge on any atom is -0.492 e. The highest BCUT2D eigenvalue weighted by Crippen LogP contribution is 2.32. The molecule has 20 heavy (non-hydrogen) atoms. The number of hydrogen-bond acceptors (Lipinski definition) is 2. The molecular formula is C16H18BrNO2. The summed E-state index contributed by atoms with van der Waals surface area (Å²) in [5.74, 6) is 0.776. The molecule has 2 aromatic carbocycles. The number of fused-ring (bicyclic) bond motifs is 1. The molecule has 0 aliphatic rings. The maximum Gasteiger partial charge on any atom is 0.223 e. The summed E-state index contributed by atoms with van der Waals surface area (Å²) in [4.78, 5) is 11.5. The Labute approximate surface area is 127 Å². The summed E-state index contributed by atoms with van der Waals surface area (Å²) in [6.07, 6.45) is 0.359. The lowest BCUT2D eigenvalue weighted by atomic mass is 10.1. The molecule has 0 bridgehead atoms. The molecule has 2 aromatic rings. The number of amides is 1. The predicted molar refractivity (Wildman–Crippen MR) is 85.0 cm³/mol. The molecule has 0 fully saturated rings. The Morgan fingerprint density at radius 2 is 2.00 bits per heavy atom. The summed E-state index contributed by atoms with van der Waals surface area (Å²) in [5, 5.41) is 5.11. The summed E-state index contributed by atoms with van der Waals surface area (Å²) in [6, 6.07) is 12.2. The van der Waals surface area contributed by atoms with Crippen molar-refractivity contribution in [2.24, 2.45) is 0 Å². The van der Waals surface area contributed by atoms with Crippen molar-refractivity contribution in [2.75, 3.05) is 6.61 Å². The second-order valence-corrected chi connectivity index (χ2v) is 5.71. The molecule has 0 saturated heterocycles. The van der Waals surface area contributed by atoms with E-state index in [0.717, 1.165) is 21.0 Å². The first-order valence-corrected chi connectivity index (χ1v) is 7.46. The molecule has 1 N–H and O–H groups in total. The van der Waals surface area contributed by atoms with Gasteiger partial charge in [-0.25, -0.2) is 0 Å². The number of hydrogen-bond donors (Lipinski definition) is 1. The zero-order valence-corrected chi connectivity index (χ0v) is 13.2. The van der Waals surface area contributed by atoms with Gasteiger partial charge < -0.3 is 10.1 Å². The molecule has 3 nitrogen and oxygen atoms in total. The van der Waals surface area contributed by atoms with Gasteiger partial charge in [0, 0.05) is 6.04 Å². The molecule has 2 rings (SSSR count). The number of carbonyl (C=O) groups is 1. The summed E-state index contributed by atoms with van der Waals surface area (Å²) < 4.78 is 6.62. The maximum absolute atomic E-state index is 11.5. The van der Waals surface area contributed by atoms with Crippen LogP contribution in [0.25, 0.3) is 10.8 Å². The van der Waals surface area contributed by atoms with E-state index in [4.69, 9.17) is 4.74 Å². The molecule has 0 heterocycles. The van der Waals surface area contributed by atoms with Crippen molar-refractivity contribution in [3.05, 3.63) is 40.9 Å². The number of carbonyl (C=O) groups excluding carboxylic acids is 1. The Balaban J connectivity index is 2.00. The highest BCUT2D eigenvalue weighted by Gasteiger charge is 2.07.